The van der Waals surface area contributed by atoms with E-state index in [9.17, 15) is 47.9 Å². The van der Waals surface area contributed by atoms with Crippen molar-refractivity contribution in [3.8, 4) is 0 Å². The average molecular weight is 735 g/mol. The number of ether oxygens (including phenoxy) is 3. The number of aliphatic carboxylic acids is 1. The van der Waals surface area contributed by atoms with Gasteiger partial charge in [-0.15, -0.1) is 0 Å². The summed E-state index contributed by atoms with van der Waals surface area (Å²) in [6.07, 6.45) is 3.03. The van der Waals surface area contributed by atoms with E-state index < -0.39 is 41.2 Å². The summed E-state index contributed by atoms with van der Waals surface area (Å²) in [6, 6.07) is 0. The maximum absolute atomic E-state index is 11.5. The number of nitrogens with one attached hydrogen (secondary N) is 5. The molecule has 0 aliphatic heterocycles. The molecule has 0 heterocycles. The van der Waals surface area contributed by atoms with Gasteiger partial charge < -0.3 is 51.6 Å². The topological polar surface area (TPSA) is 305 Å². The lowest BCUT2D eigenvalue weighted by atomic mass is 10.2. The van der Waals surface area contributed by atoms with Crippen molar-refractivity contribution in [2.24, 2.45) is 5.73 Å². The summed E-state index contributed by atoms with van der Waals surface area (Å²) >= 11 is 0. The fourth-order valence-corrected chi connectivity index (χ4v) is 2.96. The Morgan fingerprint density at radius 2 is 0.902 bits per heavy atom. The highest BCUT2D eigenvalue weighted by Crippen LogP contribution is 2.06. The number of esters is 3. The van der Waals surface area contributed by atoms with Gasteiger partial charge in [0.2, 0.25) is 29.5 Å². The number of nitrogens with two attached hydrogens (primary N) is 1. The van der Waals surface area contributed by atoms with Crippen LogP contribution in [0.25, 0.3) is 0 Å². The zero-order valence-electron chi connectivity index (χ0n) is 30.2. The molecule has 0 aromatic carbocycles. The molecule has 0 radical (unpaired) electrons. The summed E-state index contributed by atoms with van der Waals surface area (Å²) in [5.74, 6) is -4.37. The summed E-state index contributed by atoms with van der Waals surface area (Å²) in [7, 11) is 2.62. The molecule has 51 heavy (non-hydrogen) atoms. The molecule has 0 aliphatic rings. The second-order valence-electron chi connectivity index (χ2n) is 11.3. The van der Waals surface area contributed by atoms with Gasteiger partial charge in [-0.2, -0.15) is 0 Å². The quantitative estimate of drug-likeness (QED) is 0.0380. The number of hydrogen-bond donors (Lipinski definition) is 7. The molecular formula is C31H54N6O14. The van der Waals surface area contributed by atoms with Crippen molar-refractivity contribution in [1.82, 2.24) is 26.6 Å². The lowest BCUT2D eigenvalue weighted by molar-refractivity contribution is -0.154. The normalized spacial score (nSPS) is 9.86. The third-order valence-electron chi connectivity index (χ3n) is 5.42. The van der Waals surface area contributed by atoms with Crippen LogP contribution in [0, 0.1) is 0 Å². The van der Waals surface area contributed by atoms with Gasteiger partial charge in [0.05, 0.1) is 46.9 Å². The summed E-state index contributed by atoms with van der Waals surface area (Å²) in [4.78, 5) is 109. The van der Waals surface area contributed by atoms with E-state index in [0.717, 1.165) is 0 Å². The number of rotatable bonds is 21. The third-order valence-corrected chi connectivity index (χ3v) is 5.42. The highest BCUT2D eigenvalue weighted by atomic mass is 16.6. The molecule has 8 N–H and O–H groups in total. The summed E-state index contributed by atoms with van der Waals surface area (Å²) in [5.41, 5.74) is 4.44. The first-order valence-corrected chi connectivity index (χ1v) is 15.9. The lowest BCUT2D eigenvalue weighted by Crippen LogP contribution is -2.42. The van der Waals surface area contributed by atoms with Crippen LogP contribution in [0.1, 0.15) is 79.1 Å². The molecule has 0 aromatic heterocycles. The van der Waals surface area contributed by atoms with Crippen LogP contribution in [0.2, 0.25) is 0 Å². The maximum atomic E-state index is 11.5. The Morgan fingerprint density at radius 1 is 0.529 bits per heavy atom. The molecule has 0 aliphatic carbocycles. The van der Waals surface area contributed by atoms with E-state index in [1.807, 2.05) is 0 Å². The van der Waals surface area contributed by atoms with Gasteiger partial charge in [-0.05, 0) is 53.4 Å². The average Bonchev–Trinajstić information content (AvgIpc) is 3.06. The second kappa shape index (κ2) is 30.9. The predicted octanol–water partition coefficient (Wildman–Crippen LogP) is -2.02. The number of amides is 5. The third kappa shape index (κ3) is 40.9. The monoisotopic (exact) mass is 734 g/mol. The van der Waals surface area contributed by atoms with Crippen LogP contribution in [0.4, 0.5) is 0 Å². The molecule has 0 atom stereocenters. The number of unbranched alkanes of at least 4 members (excludes halogenated alkanes) is 2. The second-order valence-corrected chi connectivity index (χ2v) is 11.3. The number of methoxy groups -OCH3 is 2. The lowest BCUT2D eigenvalue weighted by Gasteiger charge is -2.19. The van der Waals surface area contributed by atoms with E-state index in [-0.39, 0.29) is 82.2 Å². The van der Waals surface area contributed by atoms with Crippen molar-refractivity contribution >= 4 is 59.2 Å². The first-order valence-electron chi connectivity index (χ1n) is 15.9. The number of carboxylic acids is 1. The van der Waals surface area contributed by atoms with Gasteiger partial charge in [-0.1, -0.05) is 0 Å². The van der Waals surface area contributed by atoms with Crippen molar-refractivity contribution in [3.63, 3.8) is 0 Å². The van der Waals surface area contributed by atoms with E-state index in [4.69, 9.17) is 15.6 Å². The molecule has 0 fully saturated rings. The summed E-state index contributed by atoms with van der Waals surface area (Å²) < 4.78 is 13.8. The highest BCUT2D eigenvalue weighted by Gasteiger charge is 2.16. The van der Waals surface area contributed by atoms with E-state index in [1.165, 1.54) is 21.1 Å². The van der Waals surface area contributed by atoms with Gasteiger partial charge >= 0.3 is 23.9 Å². The van der Waals surface area contributed by atoms with E-state index in [1.54, 1.807) is 20.8 Å². The molecule has 0 bridgehead atoms. The summed E-state index contributed by atoms with van der Waals surface area (Å²) in [6.45, 7) is 5.32. The molecule has 5 amide bonds. The Bertz CT molecular complexity index is 1150. The molecule has 292 valence electrons. The van der Waals surface area contributed by atoms with Crippen LogP contribution in [0.5, 0.6) is 0 Å². The van der Waals surface area contributed by atoms with Gasteiger partial charge in [0, 0.05) is 25.7 Å². The summed E-state index contributed by atoms with van der Waals surface area (Å²) in [5, 5.41) is 19.9. The smallest absolute Gasteiger partial charge is 0.325 e. The van der Waals surface area contributed by atoms with Gasteiger partial charge in [0.25, 0.3) is 0 Å². The van der Waals surface area contributed by atoms with Crippen LogP contribution in [0.15, 0.2) is 0 Å². The Balaban J connectivity index is -0.000000723. The zero-order chi connectivity index (χ0) is 39.8. The molecule has 0 saturated heterocycles. The van der Waals surface area contributed by atoms with Crippen LogP contribution in [-0.2, 0) is 62.2 Å². The van der Waals surface area contributed by atoms with Gasteiger partial charge in [-0.3, -0.25) is 47.9 Å². The van der Waals surface area contributed by atoms with Crippen molar-refractivity contribution in [2.75, 3.05) is 53.5 Å². The van der Waals surface area contributed by atoms with Crippen molar-refractivity contribution < 1.29 is 67.3 Å². The molecule has 20 heteroatoms. The van der Waals surface area contributed by atoms with E-state index in [2.05, 4.69) is 36.1 Å². The van der Waals surface area contributed by atoms with Crippen molar-refractivity contribution in [2.45, 2.75) is 84.7 Å². The van der Waals surface area contributed by atoms with Crippen LogP contribution >= 0.6 is 0 Å². The number of carboxylic acid groups (broad SMARTS) is 1. The van der Waals surface area contributed by atoms with Crippen LogP contribution < -0.4 is 32.3 Å². The molecule has 0 saturated carbocycles. The molecule has 0 unspecified atom stereocenters. The molecule has 0 rings (SSSR count). The number of hydrogen-bond acceptors (Lipinski definition) is 14. The predicted molar refractivity (Wildman–Crippen MR) is 179 cm³/mol. The largest absolute Gasteiger partial charge is 0.481 e. The minimum absolute atomic E-state index is 0.0863. The van der Waals surface area contributed by atoms with Crippen LogP contribution in [-0.4, -0.2) is 123 Å². The highest BCUT2D eigenvalue weighted by molar-refractivity contribution is 5.90. The minimum atomic E-state index is -0.824. The Labute approximate surface area is 297 Å². The Hall–Kier alpha value is -5.14. The zero-order valence-corrected chi connectivity index (χ0v) is 30.2. The van der Waals surface area contributed by atoms with Gasteiger partial charge in [0.15, 0.2) is 0 Å². The van der Waals surface area contributed by atoms with Crippen molar-refractivity contribution in [3.05, 3.63) is 0 Å². The fourth-order valence-electron chi connectivity index (χ4n) is 2.96. The van der Waals surface area contributed by atoms with E-state index in [0.29, 0.717) is 32.1 Å². The van der Waals surface area contributed by atoms with E-state index >= 15 is 0 Å². The molecule has 0 spiro atoms. The Kier molecular flexibility index (Phi) is 30.4. The van der Waals surface area contributed by atoms with Gasteiger partial charge in [-0.25, -0.2) is 0 Å². The number of Topliss-reactive ketones (excluding diaryl/α,β-unsaturated/α-hetero) is 1. The number of carbonyl (C=O) groups is 10. The standard InChI is InChI=1S/C14H23N3O6.C10H19N3O4.C7H12O4/c1-10(18)7-15-12(20)9-17-13(21)8-16-11(19)5-3-4-6-14(22)23-2;1-10(2,3)17-9(16)6-13-8(15)5-12-7(14)4-11;1-11-7(10)5-3-2-4-6(8)9/h3-9H2,1-2H3,(H,15,20)(H,16,19)(H,17,21);4-6,11H2,1-3H3,(H,12,14)(H,13,15);2-5H2,1H3,(H,8,9). The first-order chi connectivity index (χ1) is 23.8. The molecule has 0 aromatic rings. The first kappa shape index (κ1) is 50.2. The van der Waals surface area contributed by atoms with Crippen molar-refractivity contribution in [1.29, 1.82) is 0 Å². The van der Waals surface area contributed by atoms with Crippen LogP contribution in [0.3, 0.4) is 0 Å². The minimum Gasteiger partial charge on any atom is -0.481 e. The molecule has 20 nitrogen and oxygen atoms in total. The Morgan fingerprint density at radius 3 is 1.29 bits per heavy atom. The fraction of sp³-hybridized carbons (Fsp3) is 0.677. The van der Waals surface area contributed by atoms with Gasteiger partial charge in [0.1, 0.15) is 17.9 Å². The number of ketones is 1. The maximum Gasteiger partial charge on any atom is 0.325 e. The molecular weight excluding hydrogens is 680 g/mol. The number of carbonyl (C=O) groups excluding carboxylic acids is 9. The SMILES string of the molecule is CC(C)(C)OC(=O)CNC(=O)CNC(=O)CN.COC(=O)CCCCC(=O)NCC(=O)NCC(=O)NCC(C)=O.COC(=O)CCCCC(=O)O.